The van der Waals surface area contributed by atoms with Crippen LogP contribution in [-0.2, 0) is 0 Å². The van der Waals surface area contributed by atoms with Crippen molar-refractivity contribution < 1.29 is 0 Å². The van der Waals surface area contributed by atoms with E-state index in [1.165, 1.54) is 19.3 Å². The highest BCUT2D eigenvalue weighted by atomic mass is 127. The maximum Gasteiger partial charge on any atom is 0.0800 e. The van der Waals surface area contributed by atoms with Crippen LogP contribution in [0, 0.1) is 0 Å². The highest BCUT2D eigenvalue weighted by Gasteiger charge is 2.02. The zero-order valence-corrected chi connectivity index (χ0v) is 6.95. The van der Waals surface area contributed by atoms with E-state index in [0.717, 1.165) is 0 Å². The van der Waals surface area contributed by atoms with Gasteiger partial charge in [0, 0.05) is 0 Å². The van der Waals surface area contributed by atoms with Gasteiger partial charge in [0.2, 0.25) is 0 Å². The van der Waals surface area contributed by atoms with E-state index < -0.39 is 0 Å². The van der Waals surface area contributed by atoms with Crippen molar-refractivity contribution in [3.63, 3.8) is 0 Å². The maximum atomic E-state index is 5.83. The van der Waals surface area contributed by atoms with Crippen molar-refractivity contribution in [2.24, 2.45) is 0 Å². The second-order valence-corrected chi connectivity index (χ2v) is 5.97. The topological polar surface area (TPSA) is 0 Å². The highest BCUT2D eigenvalue weighted by Crippen LogP contribution is 2.24. The second kappa shape index (κ2) is 3.02. The van der Waals surface area contributed by atoms with Crippen LogP contribution in [-0.4, -0.2) is 7.40 Å². The van der Waals surface area contributed by atoms with Gasteiger partial charge in [-0.3, -0.25) is 0 Å². The number of hydrogen-bond acceptors (Lipinski definition) is 0. The van der Waals surface area contributed by atoms with Crippen molar-refractivity contribution in [2.45, 2.75) is 22.6 Å². The van der Waals surface area contributed by atoms with Crippen LogP contribution < -0.4 is 0 Å². The summed E-state index contributed by atoms with van der Waals surface area (Å²) in [6, 6.07) is 0. The lowest BCUT2D eigenvalue weighted by Crippen LogP contribution is -1.92. The minimum atomic E-state index is 0.292. The molecule has 1 atom stereocenters. The molecule has 1 unspecified atom stereocenters. The monoisotopic (exact) mass is 230 g/mol. The molecule has 0 nitrogen and oxygen atoms in total. The molecule has 1 heterocycles. The van der Waals surface area contributed by atoms with Gasteiger partial charge in [-0.1, -0.05) is 4.01 Å². The third-order valence-corrected chi connectivity index (χ3v) is 4.35. The SMILES string of the molecule is ClC1CCCC=I1. The van der Waals surface area contributed by atoms with Gasteiger partial charge in [0.15, 0.2) is 0 Å². The van der Waals surface area contributed by atoms with Gasteiger partial charge in [0.05, 0.1) is 3.38 Å². The molecule has 0 spiro atoms. The molecule has 0 amide bonds. The van der Waals surface area contributed by atoms with Crippen LogP contribution in [0.1, 0.15) is 19.3 Å². The minimum absolute atomic E-state index is 0.292. The van der Waals surface area contributed by atoms with Crippen molar-refractivity contribution in [1.82, 2.24) is 0 Å². The lowest BCUT2D eigenvalue weighted by atomic mass is 10.3. The molecule has 7 heavy (non-hydrogen) atoms. The fraction of sp³-hybridized carbons (Fsp3) is 0.800. The first-order valence-corrected chi connectivity index (χ1v) is 5.40. The Balaban J connectivity index is 2.36. The molecule has 0 aliphatic carbocycles. The lowest BCUT2D eigenvalue weighted by Gasteiger charge is -2.05. The van der Waals surface area contributed by atoms with E-state index >= 15 is 0 Å². The van der Waals surface area contributed by atoms with Crippen molar-refractivity contribution in [3.05, 3.63) is 0 Å². The van der Waals surface area contributed by atoms with Crippen molar-refractivity contribution >= 4 is 36.3 Å². The molecule has 0 saturated carbocycles. The van der Waals surface area contributed by atoms with Gasteiger partial charge in [-0.25, -0.2) is 0 Å². The largest absolute Gasteiger partial charge is 0.112 e. The molecular formula is C5H8ClI. The van der Waals surface area contributed by atoms with Crippen LogP contribution in [0.25, 0.3) is 0 Å². The van der Waals surface area contributed by atoms with E-state index in [1.807, 2.05) is 0 Å². The van der Waals surface area contributed by atoms with Gasteiger partial charge in [0.1, 0.15) is 0 Å². The summed E-state index contributed by atoms with van der Waals surface area (Å²) in [4.78, 5) is 0. The summed E-state index contributed by atoms with van der Waals surface area (Å²) >= 11 is 6.13. The first-order chi connectivity index (χ1) is 3.39. The summed E-state index contributed by atoms with van der Waals surface area (Å²) in [6.07, 6.45) is 3.93. The summed E-state index contributed by atoms with van der Waals surface area (Å²) in [7, 11) is 0. The van der Waals surface area contributed by atoms with Gasteiger partial charge in [-0.15, -0.1) is 32.3 Å². The fourth-order valence-electron chi connectivity index (χ4n) is 0.572. The zero-order valence-electron chi connectivity index (χ0n) is 4.03. The van der Waals surface area contributed by atoms with Gasteiger partial charge >= 0.3 is 0 Å². The van der Waals surface area contributed by atoms with Gasteiger partial charge in [-0.05, 0) is 19.3 Å². The van der Waals surface area contributed by atoms with Crippen molar-refractivity contribution in [3.8, 4) is 0 Å². The predicted octanol–water partition coefficient (Wildman–Crippen LogP) is 2.51. The normalized spacial score (nSPS) is 31.9. The lowest BCUT2D eigenvalue weighted by molar-refractivity contribution is 0.837. The Kier molecular flexibility index (Phi) is 2.60. The fourth-order valence-corrected chi connectivity index (χ4v) is 3.33. The number of rotatable bonds is 0. The smallest absolute Gasteiger partial charge is 0.0800 e. The summed E-state index contributed by atoms with van der Waals surface area (Å²) in [5.41, 5.74) is 0. The molecule has 0 saturated heterocycles. The molecule has 1 aliphatic heterocycles. The first kappa shape index (κ1) is 6.02. The first-order valence-electron chi connectivity index (χ1n) is 2.47. The molecule has 1 aliphatic rings. The maximum absolute atomic E-state index is 5.83. The number of halogens is 2. The van der Waals surface area contributed by atoms with Crippen LogP contribution >= 0.6 is 32.3 Å². The Morgan fingerprint density at radius 1 is 1.71 bits per heavy atom. The average molecular weight is 230 g/mol. The summed E-state index contributed by atoms with van der Waals surface area (Å²) in [6.45, 7) is 0. The van der Waals surface area contributed by atoms with E-state index in [2.05, 4.69) is 4.01 Å². The summed E-state index contributed by atoms with van der Waals surface area (Å²) in [5, 5.41) is 0. The van der Waals surface area contributed by atoms with Gasteiger partial charge in [-0.2, -0.15) is 0 Å². The van der Waals surface area contributed by atoms with Crippen molar-refractivity contribution in [1.29, 1.82) is 0 Å². The van der Waals surface area contributed by atoms with E-state index in [9.17, 15) is 0 Å². The van der Waals surface area contributed by atoms with E-state index in [0.29, 0.717) is 24.1 Å². The Hall–Kier alpha value is 0.890. The van der Waals surface area contributed by atoms with E-state index in [-0.39, 0.29) is 0 Å². The van der Waals surface area contributed by atoms with Crippen LogP contribution in [0.2, 0.25) is 0 Å². The molecule has 0 aromatic rings. The summed E-state index contributed by atoms with van der Waals surface area (Å²) < 4.78 is 2.95. The molecule has 0 radical (unpaired) electrons. The third kappa shape index (κ3) is 2.08. The third-order valence-electron chi connectivity index (χ3n) is 0.961. The van der Waals surface area contributed by atoms with Crippen molar-refractivity contribution in [2.75, 3.05) is 0 Å². The predicted molar refractivity (Wildman–Crippen MR) is 43.6 cm³/mol. The minimum Gasteiger partial charge on any atom is -0.112 e. The molecule has 0 aromatic heterocycles. The van der Waals surface area contributed by atoms with Crippen LogP contribution in [0.15, 0.2) is 0 Å². The number of alkyl halides is 2. The molecule has 0 N–H and O–H groups in total. The van der Waals surface area contributed by atoms with E-state index in [1.54, 1.807) is 0 Å². The zero-order chi connectivity index (χ0) is 5.11. The van der Waals surface area contributed by atoms with Gasteiger partial charge < -0.3 is 0 Å². The molecule has 0 fully saturated rings. The molecule has 0 aromatic carbocycles. The van der Waals surface area contributed by atoms with Crippen LogP contribution in [0.3, 0.4) is 0 Å². The standard InChI is InChI=1S/C5H8ClI/c6-5-3-1-2-4-7-5/h4-5H,1-3H2. The Morgan fingerprint density at radius 3 is 2.86 bits per heavy atom. The van der Waals surface area contributed by atoms with E-state index in [4.69, 9.17) is 11.6 Å². The number of hydrogen-bond donors (Lipinski definition) is 0. The molecule has 1 rings (SSSR count). The second-order valence-electron chi connectivity index (χ2n) is 1.60. The molecular weight excluding hydrogens is 222 g/mol. The highest BCUT2D eigenvalue weighted by molar-refractivity contribution is 14.2. The molecule has 2 heteroatoms. The average Bonchev–Trinajstić information content (AvgIpc) is 1.69. The van der Waals surface area contributed by atoms with Crippen LogP contribution in [0.4, 0.5) is 0 Å². The Morgan fingerprint density at radius 2 is 2.57 bits per heavy atom. The Bertz CT molecular complexity index is 80.1. The summed E-state index contributed by atoms with van der Waals surface area (Å²) in [5.74, 6) is 0. The van der Waals surface area contributed by atoms with Gasteiger partial charge in [0.25, 0.3) is 0 Å². The Labute approximate surface area is 59.0 Å². The van der Waals surface area contributed by atoms with Crippen LogP contribution in [0.5, 0.6) is 0 Å². The molecule has 0 bridgehead atoms. The quantitative estimate of drug-likeness (QED) is 0.443. The molecule has 42 valence electrons.